The second-order valence-corrected chi connectivity index (χ2v) is 13.1. The lowest BCUT2D eigenvalue weighted by atomic mass is 9.66. The molecule has 0 aromatic heterocycles. The zero-order valence-electron chi connectivity index (χ0n) is 23.9. The third-order valence-electron chi connectivity index (χ3n) is 9.80. The van der Waals surface area contributed by atoms with Crippen LogP contribution in [0.4, 0.5) is 17.1 Å². The second-order valence-electron chi connectivity index (χ2n) is 12.2. The number of halogens is 1. The Morgan fingerprint density at radius 1 is 0.465 bits per heavy atom. The summed E-state index contributed by atoms with van der Waals surface area (Å²) in [4.78, 5) is 2.41. The summed E-state index contributed by atoms with van der Waals surface area (Å²) in [6, 6.07) is 48.5. The molecule has 0 saturated heterocycles. The standard InChI is InChI=1S/C40H28BrNO/c1-39(2)29-17-7-9-22-34(29)42(35-23-10-8-18-30(35)39)36-24-12-20-32-38(36)43-37-31(19-11-21-33(37)41)40(32)27-15-5-3-13-25(27)26-14-4-6-16-28(26)40/h3-24H,1-2H3. The third kappa shape index (κ3) is 3.08. The van der Waals surface area contributed by atoms with Crippen LogP contribution >= 0.6 is 15.9 Å². The number of anilines is 3. The van der Waals surface area contributed by atoms with Crippen LogP contribution in [0, 0.1) is 0 Å². The van der Waals surface area contributed by atoms with E-state index in [0.717, 1.165) is 32.8 Å². The van der Waals surface area contributed by atoms with E-state index in [1.54, 1.807) is 0 Å². The van der Waals surface area contributed by atoms with E-state index in [-0.39, 0.29) is 5.41 Å². The Bertz CT molecular complexity index is 2030. The van der Waals surface area contributed by atoms with Crippen molar-refractivity contribution in [3.05, 3.63) is 171 Å². The molecule has 3 aliphatic rings. The van der Waals surface area contributed by atoms with Gasteiger partial charge in [0.25, 0.3) is 0 Å². The van der Waals surface area contributed by atoms with Crippen LogP contribution in [0.1, 0.15) is 47.2 Å². The van der Waals surface area contributed by atoms with Crippen LogP contribution in [-0.2, 0) is 10.8 Å². The largest absolute Gasteiger partial charge is 0.453 e. The number of fused-ring (bicyclic) bond motifs is 11. The molecule has 0 amide bonds. The van der Waals surface area contributed by atoms with Gasteiger partial charge >= 0.3 is 0 Å². The van der Waals surface area contributed by atoms with E-state index < -0.39 is 5.41 Å². The van der Waals surface area contributed by atoms with Gasteiger partial charge in [-0.3, -0.25) is 0 Å². The molecule has 9 rings (SSSR count). The highest BCUT2D eigenvalue weighted by molar-refractivity contribution is 9.10. The topological polar surface area (TPSA) is 12.5 Å². The highest BCUT2D eigenvalue weighted by Crippen LogP contribution is 2.65. The minimum absolute atomic E-state index is 0.139. The SMILES string of the molecule is CC1(C)c2ccccc2N(c2cccc3c2Oc2c(Br)cccc2C32c3ccccc3-c3ccccc32)c2ccccc21. The van der Waals surface area contributed by atoms with E-state index in [2.05, 4.69) is 168 Å². The Morgan fingerprint density at radius 3 is 1.51 bits per heavy atom. The molecule has 2 aliphatic heterocycles. The lowest BCUT2D eigenvalue weighted by molar-refractivity contribution is 0.434. The molecule has 0 atom stereocenters. The van der Waals surface area contributed by atoms with Gasteiger partial charge in [-0.1, -0.05) is 123 Å². The minimum Gasteiger partial charge on any atom is -0.453 e. The summed E-state index contributed by atoms with van der Waals surface area (Å²) >= 11 is 3.89. The summed E-state index contributed by atoms with van der Waals surface area (Å²) in [6.45, 7) is 4.65. The molecule has 0 unspecified atom stereocenters. The van der Waals surface area contributed by atoms with Gasteiger partial charge in [0.1, 0.15) is 5.75 Å². The van der Waals surface area contributed by atoms with Gasteiger partial charge in [-0.15, -0.1) is 0 Å². The van der Waals surface area contributed by atoms with E-state index in [0.29, 0.717) is 0 Å². The molecule has 6 aromatic carbocycles. The number of nitrogens with zero attached hydrogens (tertiary/aromatic N) is 1. The van der Waals surface area contributed by atoms with E-state index >= 15 is 0 Å². The van der Waals surface area contributed by atoms with Crippen LogP contribution in [0.15, 0.2) is 138 Å². The monoisotopic (exact) mass is 617 g/mol. The fourth-order valence-corrected chi connectivity index (χ4v) is 8.45. The van der Waals surface area contributed by atoms with Gasteiger partial charge in [-0.05, 0) is 73.6 Å². The highest BCUT2D eigenvalue weighted by Gasteiger charge is 2.52. The first-order chi connectivity index (χ1) is 21.0. The number of hydrogen-bond donors (Lipinski definition) is 0. The van der Waals surface area contributed by atoms with Crippen molar-refractivity contribution in [2.75, 3.05) is 4.90 Å². The van der Waals surface area contributed by atoms with E-state index in [9.17, 15) is 0 Å². The summed E-state index contributed by atoms with van der Waals surface area (Å²) in [5.41, 5.74) is 12.8. The van der Waals surface area contributed by atoms with Crippen LogP contribution in [0.25, 0.3) is 11.1 Å². The molecular formula is C40H28BrNO. The van der Waals surface area contributed by atoms with Crippen molar-refractivity contribution in [1.82, 2.24) is 0 Å². The van der Waals surface area contributed by atoms with Crippen LogP contribution < -0.4 is 9.64 Å². The Kier molecular flexibility index (Phi) is 5.06. The first-order valence-electron chi connectivity index (χ1n) is 14.8. The summed E-state index contributed by atoms with van der Waals surface area (Å²) in [5, 5.41) is 0. The smallest absolute Gasteiger partial charge is 0.156 e. The van der Waals surface area contributed by atoms with Gasteiger partial charge in [-0.25, -0.2) is 0 Å². The number of para-hydroxylation sites is 4. The molecule has 43 heavy (non-hydrogen) atoms. The van der Waals surface area contributed by atoms with Gasteiger partial charge in [0, 0.05) is 16.5 Å². The van der Waals surface area contributed by atoms with Crippen molar-refractivity contribution < 1.29 is 4.74 Å². The molecule has 0 saturated carbocycles. The molecule has 1 spiro atoms. The van der Waals surface area contributed by atoms with Crippen LogP contribution in [0.5, 0.6) is 11.5 Å². The molecule has 2 nitrogen and oxygen atoms in total. The summed E-state index contributed by atoms with van der Waals surface area (Å²) in [6.07, 6.45) is 0. The lowest BCUT2D eigenvalue weighted by Crippen LogP contribution is -2.34. The Labute approximate surface area is 260 Å². The average molecular weight is 619 g/mol. The molecule has 0 fully saturated rings. The predicted octanol–water partition coefficient (Wildman–Crippen LogP) is 11.0. The van der Waals surface area contributed by atoms with Gasteiger partial charge in [-0.2, -0.15) is 0 Å². The number of benzene rings is 6. The number of ether oxygens (including phenoxy) is 1. The molecule has 1 aliphatic carbocycles. The predicted molar refractivity (Wildman–Crippen MR) is 178 cm³/mol. The third-order valence-corrected chi connectivity index (χ3v) is 10.4. The Balaban J connectivity index is 1.41. The van der Waals surface area contributed by atoms with E-state index in [1.807, 2.05) is 0 Å². The zero-order chi connectivity index (χ0) is 28.9. The summed E-state index contributed by atoms with van der Waals surface area (Å²) < 4.78 is 8.05. The van der Waals surface area contributed by atoms with Crippen molar-refractivity contribution >= 4 is 33.0 Å². The average Bonchev–Trinajstić information content (AvgIpc) is 3.33. The van der Waals surface area contributed by atoms with Crippen molar-refractivity contribution in [3.63, 3.8) is 0 Å². The Morgan fingerprint density at radius 2 is 0.907 bits per heavy atom. The molecule has 0 N–H and O–H groups in total. The molecule has 2 heterocycles. The fraction of sp³-hybridized carbons (Fsp3) is 0.100. The van der Waals surface area contributed by atoms with Crippen LogP contribution in [-0.4, -0.2) is 0 Å². The van der Waals surface area contributed by atoms with Gasteiger partial charge in [0.2, 0.25) is 0 Å². The maximum atomic E-state index is 7.10. The summed E-state index contributed by atoms with van der Waals surface area (Å²) in [5.74, 6) is 1.76. The molecule has 3 heteroatoms. The molecule has 0 radical (unpaired) electrons. The quantitative estimate of drug-likeness (QED) is 0.182. The van der Waals surface area contributed by atoms with E-state index in [1.165, 1.54) is 44.8 Å². The maximum Gasteiger partial charge on any atom is 0.156 e. The fourth-order valence-electron chi connectivity index (χ4n) is 8.00. The zero-order valence-corrected chi connectivity index (χ0v) is 25.5. The van der Waals surface area contributed by atoms with Crippen molar-refractivity contribution in [3.8, 4) is 22.6 Å². The first-order valence-corrected chi connectivity index (χ1v) is 15.6. The van der Waals surface area contributed by atoms with Gasteiger partial charge < -0.3 is 9.64 Å². The maximum absolute atomic E-state index is 7.10. The number of rotatable bonds is 1. The second kappa shape index (κ2) is 8.72. The lowest BCUT2D eigenvalue weighted by Gasteiger charge is -2.44. The molecule has 6 aromatic rings. The normalized spacial score (nSPS) is 15.8. The number of hydrogen-bond acceptors (Lipinski definition) is 2. The highest BCUT2D eigenvalue weighted by atomic mass is 79.9. The summed E-state index contributed by atoms with van der Waals surface area (Å²) in [7, 11) is 0. The van der Waals surface area contributed by atoms with Gasteiger partial charge in [0.15, 0.2) is 5.75 Å². The first kappa shape index (κ1) is 24.9. The Hall–Kier alpha value is -4.60. The molecule has 206 valence electrons. The minimum atomic E-state index is -0.524. The molecule has 0 bridgehead atoms. The van der Waals surface area contributed by atoms with E-state index in [4.69, 9.17) is 4.74 Å². The molecular weight excluding hydrogens is 590 g/mol. The van der Waals surface area contributed by atoms with Crippen molar-refractivity contribution in [1.29, 1.82) is 0 Å². The van der Waals surface area contributed by atoms with Crippen molar-refractivity contribution in [2.45, 2.75) is 24.7 Å². The van der Waals surface area contributed by atoms with Crippen LogP contribution in [0.3, 0.4) is 0 Å². The van der Waals surface area contributed by atoms with Gasteiger partial charge in [0.05, 0.1) is 26.9 Å². The van der Waals surface area contributed by atoms with Crippen molar-refractivity contribution in [2.24, 2.45) is 0 Å². The van der Waals surface area contributed by atoms with Crippen LogP contribution in [0.2, 0.25) is 0 Å².